The molecule has 0 saturated carbocycles. The predicted molar refractivity (Wildman–Crippen MR) is 99.0 cm³/mol. The summed E-state index contributed by atoms with van der Waals surface area (Å²) in [6, 6.07) is -1.02. The number of hydrogen-bond donors (Lipinski definition) is 3. The van der Waals surface area contributed by atoms with E-state index in [1.807, 2.05) is 19.9 Å². The molecule has 2 amide bonds. The molecule has 2 atom stereocenters. The van der Waals surface area contributed by atoms with Gasteiger partial charge in [0.2, 0.25) is 0 Å². The van der Waals surface area contributed by atoms with Crippen molar-refractivity contribution in [3.8, 4) is 0 Å². The van der Waals surface area contributed by atoms with Crippen LogP contribution in [0.15, 0.2) is 23.7 Å². The summed E-state index contributed by atoms with van der Waals surface area (Å²) in [5.74, 6) is 6.66. The number of primary amides is 1. The summed E-state index contributed by atoms with van der Waals surface area (Å²) in [7, 11) is 3.24. The smallest absolute Gasteiger partial charge is 0.329 e. The van der Waals surface area contributed by atoms with Gasteiger partial charge in [0.15, 0.2) is 5.76 Å². The molecular weight excluding hydrogens is 338 g/mol. The number of aliphatic hydroxyl groups excluding tert-OH is 1. The van der Waals surface area contributed by atoms with Gasteiger partial charge in [-0.15, -0.1) is 0 Å². The summed E-state index contributed by atoms with van der Waals surface area (Å²) in [5, 5.41) is 11.1. The lowest BCUT2D eigenvalue weighted by Crippen LogP contribution is -2.56. The lowest BCUT2D eigenvalue weighted by Gasteiger charge is -2.40. The molecule has 1 aliphatic rings. The molecule has 0 saturated heterocycles. The quantitative estimate of drug-likeness (QED) is 0.221. The Kier molecular flexibility index (Phi) is 8.91. The number of carbonyl (C=O) groups is 1. The summed E-state index contributed by atoms with van der Waals surface area (Å²) < 4.78 is 16.0. The Morgan fingerprint density at radius 2 is 2.08 bits per heavy atom. The topological polar surface area (TPSA) is 120 Å². The Balaban J connectivity index is 2.80. The van der Waals surface area contributed by atoms with Crippen molar-refractivity contribution in [3.63, 3.8) is 0 Å². The number of allylic oxidation sites excluding steroid dienone is 3. The third-order valence-electron chi connectivity index (χ3n) is 4.56. The summed E-state index contributed by atoms with van der Waals surface area (Å²) in [5.41, 5.74) is 5.00. The van der Waals surface area contributed by atoms with Crippen molar-refractivity contribution in [2.24, 2.45) is 22.9 Å². The first-order chi connectivity index (χ1) is 12.2. The number of methoxy groups -OCH3 is 2. The number of nitrogens with zero attached hydrogens (tertiary/aromatic N) is 1. The van der Waals surface area contributed by atoms with E-state index in [1.54, 1.807) is 20.3 Å². The number of nitrogens with two attached hydrogens (primary N) is 2. The van der Waals surface area contributed by atoms with E-state index in [1.165, 1.54) is 0 Å². The molecule has 8 nitrogen and oxygen atoms in total. The van der Waals surface area contributed by atoms with Crippen LogP contribution >= 0.6 is 0 Å². The Morgan fingerprint density at radius 3 is 2.65 bits per heavy atom. The Hall–Kier alpha value is -1.77. The van der Waals surface area contributed by atoms with Gasteiger partial charge in [-0.2, -0.15) is 0 Å². The number of carbonyl (C=O) groups excluding carboxylic acids is 1. The zero-order valence-corrected chi connectivity index (χ0v) is 16.2. The van der Waals surface area contributed by atoms with Crippen molar-refractivity contribution in [1.29, 1.82) is 0 Å². The molecule has 0 heterocycles. The SMILES string of the molecule is COCCCOC1=C(O)C=CC(CC(N(N)C(N)=O)C(C)(C)COC)C1. The molecule has 150 valence electrons. The van der Waals surface area contributed by atoms with Crippen LogP contribution in [-0.2, 0) is 14.2 Å². The maximum absolute atomic E-state index is 11.6. The van der Waals surface area contributed by atoms with Crippen molar-refractivity contribution in [1.82, 2.24) is 5.01 Å². The van der Waals surface area contributed by atoms with Gasteiger partial charge in [0.1, 0.15) is 5.76 Å². The number of urea groups is 1. The van der Waals surface area contributed by atoms with Gasteiger partial charge < -0.3 is 25.1 Å². The van der Waals surface area contributed by atoms with Crippen molar-refractivity contribution in [2.45, 2.75) is 39.2 Å². The van der Waals surface area contributed by atoms with E-state index in [2.05, 4.69) is 0 Å². The molecule has 0 bridgehead atoms. The van der Waals surface area contributed by atoms with Crippen LogP contribution in [0.25, 0.3) is 0 Å². The predicted octanol–water partition coefficient (Wildman–Crippen LogP) is 2.07. The molecule has 26 heavy (non-hydrogen) atoms. The third kappa shape index (κ3) is 6.51. The van der Waals surface area contributed by atoms with Crippen LogP contribution in [0, 0.1) is 11.3 Å². The van der Waals surface area contributed by atoms with Crippen LogP contribution in [0.2, 0.25) is 0 Å². The molecular formula is C18H33N3O5. The Morgan fingerprint density at radius 1 is 1.38 bits per heavy atom. The fraction of sp³-hybridized carbons (Fsp3) is 0.722. The van der Waals surface area contributed by atoms with Crippen LogP contribution < -0.4 is 11.6 Å². The van der Waals surface area contributed by atoms with Crippen molar-refractivity contribution in [3.05, 3.63) is 23.7 Å². The fourth-order valence-corrected chi connectivity index (χ4v) is 3.14. The maximum Gasteiger partial charge on any atom is 0.329 e. The highest BCUT2D eigenvalue weighted by molar-refractivity contribution is 5.71. The first-order valence-electron chi connectivity index (χ1n) is 8.77. The van der Waals surface area contributed by atoms with Gasteiger partial charge in [0.25, 0.3) is 0 Å². The average Bonchev–Trinajstić information content (AvgIpc) is 2.57. The second kappa shape index (κ2) is 10.4. The van der Waals surface area contributed by atoms with E-state index >= 15 is 0 Å². The van der Waals surface area contributed by atoms with Gasteiger partial charge in [-0.05, 0) is 18.4 Å². The highest BCUT2D eigenvalue weighted by Gasteiger charge is 2.37. The van der Waals surface area contributed by atoms with Gasteiger partial charge in [-0.1, -0.05) is 19.9 Å². The molecule has 1 aliphatic carbocycles. The second-order valence-corrected chi connectivity index (χ2v) is 7.25. The van der Waals surface area contributed by atoms with E-state index < -0.39 is 11.4 Å². The number of amides is 2. The molecule has 0 spiro atoms. The second-order valence-electron chi connectivity index (χ2n) is 7.25. The van der Waals surface area contributed by atoms with Crippen LogP contribution in [0.4, 0.5) is 4.79 Å². The maximum atomic E-state index is 11.6. The third-order valence-corrected chi connectivity index (χ3v) is 4.56. The van der Waals surface area contributed by atoms with E-state index in [9.17, 15) is 9.90 Å². The summed E-state index contributed by atoms with van der Waals surface area (Å²) in [6.07, 6.45) is 5.38. The molecule has 0 radical (unpaired) electrons. The highest BCUT2D eigenvalue weighted by Crippen LogP contribution is 2.34. The highest BCUT2D eigenvalue weighted by atomic mass is 16.5. The van der Waals surface area contributed by atoms with Crippen LogP contribution in [-0.4, -0.2) is 56.2 Å². The lowest BCUT2D eigenvalue weighted by molar-refractivity contribution is 0.0253. The van der Waals surface area contributed by atoms with Crippen molar-refractivity contribution in [2.75, 3.05) is 34.0 Å². The molecule has 0 fully saturated rings. The van der Waals surface area contributed by atoms with Gasteiger partial charge in [0.05, 0.1) is 19.3 Å². The average molecular weight is 371 g/mol. The van der Waals surface area contributed by atoms with E-state index in [-0.39, 0.29) is 17.7 Å². The number of hydrogen-bond acceptors (Lipinski definition) is 6. The number of rotatable bonds is 11. The zero-order chi connectivity index (χ0) is 19.7. The van der Waals surface area contributed by atoms with Gasteiger partial charge >= 0.3 is 6.03 Å². The number of hydrazine groups is 1. The van der Waals surface area contributed by atoms with Crippen LogP contribution in [0.1, 0.15) is 33.1 Å². The first kappa shape index (κ1) is 22.3. The first-order valence-corrected chi connectivity index (χ1v) is 8.77. The van der Waals surface area contributed by atoms with Crippen LogP contribution in [0.3, 0.4) is 0 Å². The van der Waals surface area contributed by atoms with E-state index in [0.29, 0.717) is 38.4 Å². The molecule has 1 rings (SSSR count). The zero-order valence-electron chi connectivity index (χ0n) is 16.2. The minimum Gasteiger partial charge on any atom is -0.504 e. The van der Waals surface area contributed by atoms with Crippen molar-refractivity contribution >= 4 is 6.03 Å². The molecule has 0 aliphatic heterocycles. The largest absolute Gasteiger partial charge is 0.504 e. The molecule has 8 heteroatoms. The summed E-state index contributed by atoms with van der Waals surface area (Å²) >= 11 is 0. The lowest BCUT2D eigenvalue weighted by atomic mass is 9.78. The summed E-state index contributed by atoms with van der Waals surface area (Å²) in [4.78, 5) is 11.6. The van der Waals surface area contributed by atoms with Crippen LogP contribution in [0.5, 0.6) is 0 Å². The minimum absolute atomic E-state index is 0.0508. The normalized spacial score (nSPS) is 18.7. The molecule has 0 aromatic heterocycles. The number of aliphatic hydroxyl groups is 1. The molecule has 2 unspecified atom stereocenters. The standard InChI is InChI=1S/C18H33N3O5/c1-18(2,12-25-4)16(21(20)17(19)23)11-13-6-7-14(22)15(10-13)26-9-5-8-24-3/h6-7,13,16,22H,5,8-12,20H2,1-4H3,(H2,19,23). The molecule has 0 aromatic carbocycles. The van der Waals surface area contributed by atoms with Gasteiger partial charge in [0, 0.05) is 39.1 Å². The van der Waals surface area contributed by atoms with Gasteiger partial charge in [-0.25, -0.2) is 10.6 Å². The van der Waals surface area contributed by atoms with Gasteiger partial charge in [-0.3, -0.25) is 5.01 Å². The van der Waals surface area contributed by atoms with Crippen molar-refractivity contribution < 1.29 is 24.1 Å². The van der Waals surface area contributed by atoms with E-state index in [0.717, 1.165) is 11.4 Å². The monoisotopic (exact) mass is 371 g/mol. The Bertz CT molecular complexity index is 519. The fourth-order valence-electron chi connectivity index (χ4n) is 3.14. The Labute approximate surface area is 155 Å². The molecule has 0 aromatic rings. The molecule has 5 N–H and O–H groups in total. The van der Waals surface area contributed by atoms with E-state index in [4.69, 9.17) is 25.8 Å². The number of ether oxygens (including phenoxy) is 3. The minimum atomic E-state index is -0.687. The summed E-state index contributed by atoms with van der Waals surface area (Å²) in [6.45, 7) is 5.45.